The molecule has 1 aromatic carbocycles. The molecule has 2 atom stereocenters. The van der Waals surface area contributed by atoms with Crippen molar-refractivity contribution in [3.8, 4) is 0 Å². The number of ether oxygens (including phenoxy) is 1. The van der Waals surface area contributed by atoms with Gasteiger partial charge < -0.3 is 19.6 Å². The first-order valence-electron chi connectivity index (χ1n) is 12.0. The fraction of sp³-hybridized carbons (Fsp3) is 0.556. The van der Waals surface area contributed by atoms with Gasteiger partial charge in [-0.1, -0.05) is 45.0 Å². The summed E-state index contributed by atoms with van der Waals surface area (Å²) in [6.45, 7) is 9.29. The maximum atomic E-state index is 13.0. The molecule has 6 nitrogen and oxygen atoms in total. The number of anilines is 1. The van der Waals surface area contributed by atoms with Crippen LogP contribution < -0.4 is 4.90 Å². The Hall–Kier alpha value is -2.28. The lowest BCUT2D eigenvalue weighted by atomic mass is 9.62. The predicted molar refractivity (Wildman–Crippen MR) is 130 cm³/mol. The van der Waals surface area contributed by atoms with Crippen molar-refractivity contribution in [2.75, 3.05) is 45.3 Å². The first kappa shape index (κ1) is 23.9. The number of rotatable bonds is 8. The van der Waals surface area contributed by atoms with Crippen molar-refractivity contribution in [1.29, 1.82) is 0 Å². The molecule has 4 rings (SSSR count). The molecule has 1 amide bonds. The predicted octanol–water partition coefficient (Wildman–Crippen LogP) is 3.78. The van der Waals surface area contributed by atoms with E-state index in [0.29, 0.717) is 19.1 Å². The molecule has 2 aliphatic rings. The number of hydrogen-bond donors (Lipinski definition) is 1. The fourth-order valence-corrected chi connectivity index (χ4v) is 5.64. The number of carbonyl (C=O) groups excluding carboxylic acids is 1. The maximum absolute atomic E-state index is 13.0. The number of aromatic nitrogens is 1. The molecule has 3 heterocycles. The number of amides is 1. The van der Waals surface area contributed by atoms with Gasteiger partial charge in [0.1, 0.15) is 5.60 Å². The van der Waals surface area contributed by atoms with Crippen molar-refractivity contribution in [1.82, 2.24) is 9.88 Å². The number of carbonyl (C=O) groups is 1. The van der Waals surface area contributed by atoms with Gasteiger partial charge in [-0.25, -0.2) is 0 Å². The zero-order valence-electron chi connectivity index (χ0n) is 20.5. The van der Waals surface area contributed by atoms with E-state index in [1.54, 1.807) is 19.5 Å². The van der Waals surface area contributed by atoms with Crippen LogP contribution in [0, 0.1) is 11.3 Å². The molecular formula is C27H37N3O3. The quantitative estimate of drug-likeness (QED) is 0.662. The van der Waals surface area contributed by atoms with E-state index in [0.717, 1.165) is 42.7 Å². The number of pyridine rings is 1. The van der Waals surface area contributed by atoms with Crippen LogP contribution in [-0.4, -0.2) is 61.3 Å². The highest BCUT2D eigenvalue weighted by Gasteiger charge is 2.55. The van der Waals surface area contributed by atoms with Crippen molar-refractivity contribution in [3.63, 3.8) is 0 Å². The summed E-state index contributed by atoms with van der Waals surface area (Å²) in [5.41, 5.74) is 2.03. The summed E-state index contributed by atoms with van der Waals surface area (Å²) in [5.74, 6) is 0.522. The Labute approximate surface area is 197 Å². The monoisotopic (exact) mass is 451 g/mol. The first-order chi connectivity index (χ1) is 15.7. The Morgan fingerprint density at radius 2 is 1.91 bits per heavy atom. The Balaban J connectivity index is 1.71. The van der Waals surface area contributed by atoms with E-state index in [9.17, 15) is 9.90 Å². The van der Waals surface area contributed by atoms with Gasteiger partial charge in [0.2, 0.25) is 5.91 Å². The number of aliphatic hydroxyl groups is 1. The average Bonchev–Trinajstić information content (AvgIpc) is 3.16. The minimum Gasteiger partial charge on any atom is -0.385 e. The van der Waals surface area contributed by atoms with Gasteiger partial charge in [0.15, 0.2) is 0 Å². The molecular weight excluding hydrogens is 414 g/mol. The minimum atomic E-state index is -1.21. The smallest absolute Gasteiger partial charge is 0.230 e. The molecule has 0 aliphatic carbocycles. The standard InChI is InChI=1S/C27H37N3O3/c1-19(2)20-6-8-22(9-7-20)27(32,26(3)17-29(4)18-26)23-14-24(16-28-15-23)30-12-10-21(25(30)31)11-13-33-5/h6-9,14-16,19,21,32H,10-13,17-18H2,1-5H3/t21?,27-/m0/s1. The summed E-state index contributed by atoms with van der Waals surface area (Å²) in [5, 5.41) is 12.4. The molecule has 6 heteroatoms. The van der Waals surface area contributed by atoms with Crippen molar-refractivity contribution in [2.24, 2.45) is 11.3 Å². The van der Waals surface area contributed by atoms with Gasteiger partial charge in [-0.2, -0.15) is 0 Å². The molecule has 0 saturated carbocycles. The second kappa shape index (κ2) is 9.16. The summed E-state index contributed by atoms with van der Waals surface area (Å²) in [4.78, 5) is 21.5. The number of hydrogen-bond acceptors (Lipinski definition) is 5. The third kappa shape index (κ3) is 4.20. The van der Waals surface area contributed by atoms with Crippen LogP contribution in [0.15, 0.2) is 42.7 Å². The topological polar surface area (TPSA) is 65.9 Å². The molecule has 1 aromatic heterocycles. The molecule has 2 saturated heterocycles. The summed E-state index contributed by atoms with van der Waals surface area (Å²) >= 11 is 0. The SMILES string of the molecule is COCCC1CCN(c2cncc([C@@](O)(c3ccc(C(C)C)cc3)C3(C)CN(C)C3)c2)C1=O. The summed E-state index contributed by atoms with van der Waals surface area (Å²) in [7, 11) is 3.74. The molecule has 0 radical (unpaired) electrons. The Kier molecular flexibility index (Phi) is 6.63. The van der Waals surface area contributed by atoms with Gasteiger partial charge in [0.25, 0.3) is 0 Å². The molecule has 2 fully saturated rings. The molecule has 0 spiro atoms. The summed E-state index contributed by atoms with van der Waals surface area (Å²) in [6, 6.07) is 10.3. The number of methoxy groups -OCH3 is 1. The van der Waals surface area contributed by atoms with Crippen LogP contribution in [0.3, 0.4) is 0 Å². The van der Waals surface area contributed by atoms with Crippen LogP contribution in [0.2, 0.25) is 0 Å². The number of likely N-dealkylation sites (tertiary alicyclic amines) is 1. The van der Waals surface area contributed by atoms with E-state index in [2.05, 4.69) is 49.8 Å². The van der Waals surface area contributed by atoms with Crippen LogP contribution >= 0.6 is 0 Å². The van der Waals surface area contributed by atoms with Gasteiger partial charge in [-0.05, 0) is 43.0 Å². The summed E-state index contributed by atoms with van der Waals surface area (Å²) in [6.07, 6.45) is 5.04. The summed E-state index contributed by atoms with van der Waals surface area (Å²) < 4.78 is 5.17. The Bertz CT molecular complexity index is 984. The Morgan fingerprint density at radius 3 is 2.52 bits per heavy atom. The molecule has 0 bridgehead atoms. The maximum Gasteiger partial charge on any atom is 0.230 e. The van der Waals surface area contributed by atoms with Crippen molar-refractivity contribution in [3.05, 3.63) is 59.4 Å². The number of benzene rings is 1. The van der Waals surface area contributed by atoms with Crippen LogP contribution in [0.5, 0.6) is 0 Å². The van der Waals surface area contributed by atoms with Gasteiger partial charge in [-0.3, -0.25) is 9.78 Å². The third-order valence-corrected chi connectivity index (χ3v) is 7.55. The lowest BCUT2D eigenvalue weighted by Gasteiger charge is -2.56. The highest BCUT2D eigenvalue weighted by molar-refractivity contribution is 5.97. The van der Waals surface area contributed by atoms with Crippen LogP contribution in [0.4, 0.5) is 5.69 Å². The minimum absolute atomic E-state index is 0.0196. The molecule has 178 valence electrons. The highest BCUT2D eigenvalue weighted by Crippen LogP contribution is 2.50. The zero-order valence-corrected chi connectivity index (χ0v) is 20.5. The van der Waals surface area contributed by atoms with E-state index >= 15 is 0 Å². The lowest BCUT2D eigenvalue weighted by molar-refractivity contribution is -0.127. The largest absolute Gasteiger partial charge is 0.385 e. The van der Waals surface area contributed by atoms with E-state index in [1.807, 2.05) is 23.1 Å². The van der Waals surface area contributed by atoms with Gasteiger partial charge in [0, 0.05) is 56.4 Å². The van der Waals surface area contributed by atoms with Crippen molar-refractivity contribution >= 4 is 11.6 Å². The first-order valence-corrected chi connectivity index (χ1v) is 12.0. The third-order valence-electron chi connectivity index (χ3n) is 7.55. The Morgan fingerprint density at radius 1 is 1.21 bits per heavy atom. The second-order valence-corrected chi connectivity index (χ2v) is 10.4. The van der Waals surface area contributed by atoms with E-state index in [1.165, 1.54) is 5.56 Å². The van der Waals surface area contributed by atoms with Gasteiger partial charge >= 0.3 is 0 Å². The van der Waals surface area contributed by atoms with E-state index < -0.39 is 5.60 Å². The molecule has 2 aliphatic heterocycles. The normalized spacial score (nSPS) is 22.5. The molecule has 1 unspecified atom stereocenters. The van der Waals surface area contributed by atoms with E-state index in [-0.39, 0.29) is 17.2 Å². The van der Waals surface area contributed by atoms with Gasteiger partial charge in [-0.15, -0.1) is 0 Å². The molecule has 33 heavy (non-hydrogen) atoms. The van der Waals surface area contributed by atoms with Crippen LogP contribution in [-0.2, 0) is 15.1 Å². The van der Waals surface area contributed by atoms with Crippen LogP contribution in [0.25, 0.3) is 0 Å². The number of nitrogens with zero attached hydrogens (tertiary/aromatic N) is 3. The van der Waals surface area contributed by atoms with Crippen molar-refractivity contribution in [2.45, 2.75) is 45.1 Å². The molecule has 2 aromatic rings. The van der Waals surface area contributed by atoms with Crippen molar-refractivity contribution < 1.29 is 14.6 Å². The second-order valence-electron chi connectivity index (χ2n) is 10.4. The molecule has 1 N–H and O–H groups in total. The lowest BCUT2D eigenvalue weighted by Crippen LogP contribution is -2.63. The van der Waals surface area contributed by atoms with Gasteiger partial charge in [0.05, 0.1) is 11.9 Å². The fourth-order valence-electron chi connectivity index (χ4n) is 5.64. The average molecular weight is 452 g/mol. The van der Waals surface area contributed by atoms with E-state index in [4.69, 9.17) is 4.74 Å². The van der Waals surface area contributed by atoms with Crippen LogP contribution in [0.1, 0.15) is 56.2 Å². The zero-order chi connectivity index (χ0) is 23.8. The highest BCUT2D eigenvalue weighted by atomic mass is 16.5.